The highest BCUT2D eigenvalue weighted by Gasteiger charge is 2.18. The van der Waals surface area contributed by atoms with E-state index in [0.717, 1.165) is 16.0 Å². The first kappa shape index (κ1) is 20.8. The maximum atomic E-state index is 12.5. The van der Waals surface area contributed by atoms with Crippen LogP contribution in [0.25, 0.3) is 0 Å². The normalized spacial score (nSPS) is 11.8. The Bertz CT molecular complexity index is 919. The molecule has 29 heavy (non-hydrogen) atoms. The summed E-state index contributed by atoms with van der Waals surface area (Å²) in [5, 5.41) is 7.77. The Morgan fingerprint density at radius 1 is 0.862 bits per heavy atom. The summed E-state index contributed by atoms with van der Waals surface area (Å²) >= 11 is 1.60. The van der Waals surface area contributed by atoms with Gasteiger partial charge in [0.1, 0.15) is 0 Å². The standard InChI is InChI=1S/C24H26N2O2S/c1-17(2)19-10-12-20(13-11-19)24(21-9-6-14-29-21)26-23(28)16-25-22(27)15-18-7-4-3-5-8-18/h3-14,17,24H,15-16H2,1-2H3,(H,25,27)(H,26,28). The van der Waals surface area contributed by atoms with E-state index in [0.29, 0.717) is 5.92 Å². The van der Waals surface area contributed by atoms with Gasteiger partial charge in [0.05, 0.1) is 19.0 Å². The molecule has 2 aromatic carbocycles. The molecule has 1 heterocycles. The van der Waals surface area contributed by atoms with Crippen LogP contribution in [-0.4, -0.2) is 18.4 Å². The average Bonchev–Trinajstić information content (AvgIpc) is 3.26. The van der Waals surface area contributed by atoms with Gasteiger partial charge in [-0.1, -0.05) is 74.5 Å². The number of carbonyl (C=O) groups is 2. The van der Waals surface area contributed by atoms with Gasteiger partial charge in [-0.25, -0.2) is 0 Å². The zero-order chi connectivity index (χ0) is 20.6. The molecule has 3 rings (SSSR count). The molecule has 0 saturated carbocycles. The van der Waals surface area contributed by atoms with Crippen molar-refractivity contribution in [3.05, 3.63) is 93.7 Å². The molecule has 0 aliphatic carbocycles. The number of rotatable bonds is 8. The molecule has 0 radical (unpaired) electrons. The SMILES string of the molecule is CC(C)c1ccc(C(NC(=O)CNC(=O)Cc2ccccc2)c2cccs2)cc1. The third-order valence-electron chi connectivity index (χ3n) is 4.72. The van der Waals surface area contributed by atoms with E-state index in [2.05, 4.69) is 48.7 Å². The molecule has 5 heteroatoms. The van der Waals surface area contributed by atoms with Crippen LogP contribution < -0.4 is 10.6 Å². The first-order valence-electron chi connectivity index (χ1n) is 9.76. The van der Waals surface area contributed by atoms with Gasteiger partial charge in [0.2, 0.25) is 11.8 Å². The lowest BCUT2D eigenvalue weighted by Gasteiger charge is -2.19. The maximum Gasteiger partial charge on any atom is 0.240 e. The highest BCUT2D eigenvalue weighted by molar-refractivity contribution is 7.10. The van der Waals surface area contributed by atoms with Gasteiger partial charge < -0.3 is 10.6 Å². The summed E-state index contributed by atoms with van der Waals surface area (Å²) in [6.45, 7) is 4.27. The number of thiophene rings is 1. The molecular weight excluding hydrogens is 380 g/mol. The second kappa shape index (κ2) is 10.0. The highest BCUT2D eigenvalue weighted by atomic mass is 32.1. The maximum absolute atomic E-state index is 12.5. The van der Waals surface area contributed by atoms with Crippen LogP contribution in [0, 0.1) is 0 Å². The monoisotopic (exact) mass is 406 g/mol. The smallest absolute Gasteiger partial charge is 0.240 e. The molecule has 0 aliphatic heterocycles. The molecule has 0 spiro atoms. The van der Waals surface area contributed by atoms with E-state index in [-0.39, 0.29) is 30.8 Å². The first-order chi connectivity index (χ1) is 14.0. The van der Waals surface area contributed by atoms with E-state index in [9.17, 15) is 9.59 Å². The molecule has 3 aromatic rings. The van der Waals surface area contributed by atoms with Crippen LogP contribution in [0.4, 0.5) is 0 Å². The molecule has 0 fully saturated rings. The summed E-state index contributed by atoms with van der Waals surface area (Å²) in [6, 6.07) is 21.6. The number of amides is 2. The highest BCUT2D eigenvalue weighted by Crippen LogP contribution is 2.27. The second-order valence-corrected chi connectivity index (χ2v) is 8.26. The number of benzene rings is 2. The van der Waals surface area contributed by atoms with E-state index in [1.807, 2.05) is 47.8 Å². The van der Waals surface area contributed by atoms with Crippen LogP contribution >= 0.6 is 11.3 Å². The second-order valence-electron chi connectivity index (χ2n) is 7.28. The molecule has 1 aromatic heterocycles. The van der Waals surface area contributed by atoms with Gasteiger partial charge >= 0.3 is 0 Å². The van der Waals surface area contributed by atoms with Gasteiger partial charge in [0.25, 0.3) is 0 Å². The Balaban J connectivity index is 1.62. The van der Waals surface area contributed by atoms with E-state index >= 15 is 0 Å². The molecule has 1 atom stereocenters. The summed E-state index contributed by atoms with van der Waals surface area (Å²) in [5.41, 5.74) is 3.21. The number of carbonyl (C=O) groups excluding carboxylic acids is 2. The largest absolute Gasteiger partial charge is 0.347 e. The van der Waals surface area contributed by atoms with Crippen molar-refractivity contribution in [2.24, 2.45) is 0 Å². The van der Waals surface area contributed by atoms with Crippen LogP contribution in [0.15, 0.2) is 72.1 Å². The fourth-order valence-electron chi connectivity index (χ4n) is 3.08. The zero-order valence-electron chi connectivity index (χ0n) is 16.7. The molecule has 2 N–H and O–H groups in total. The Labute approximate surface area is 176 Å². The van der Waals surface area contributed by atoms with Crippen LogP contribution in [-0.2, 0) is 16.0 Å². The number of hydrogen-bond donors (Lipinski definition) is 2. The molecule has 1 unspecified atom stereocenters. The van der Waals surface area contributed by atoms with Crippen molar-refractivity contribution in [1.29, 1.82) is 0 Å². The first-order valence-corrected chi connectivity index (χ1v) is 10.6. The zero-order valence-corrected chi connectivity index (χ0v) is 17.5. The molecule has 4 nitrogen and oxygen atoms in total. The minimum atomic E-state index is -0.227. The minimum Gasteiger partial charge on any atom is -0.347 e. The van der Waals surface area contributed by atoms with E-state index in [1.165, 1.54) is 5.56 Å². The topological polar surface area (TPSA) is 58.2 Å². The quantitative estimate of drug-likeness (QED) is 0.581. The summed E-state index contributed by atoms with van der Waals surface area (Å²) < 4.78 is 0. The predicted molar refractivity (Wildman–Crippen MR) is 118 cm³/mol. The van der Waals surface area contributed by atoms with Gasteiger partial charge in [-0.15, -0.1) is 11.3 Å². The van der Waals surface area contributed by atoms with Crippen LogP contribution in [0.5, 0.6) is 0 Å². The predicted octanol–water partition coefficient (Wildman–Crippen LogP) is 4.44. The minimum absolute atomic E-state index is 0.0440. The Morgan fingerprint density at radius 3 is 2.17 bits per heavy atom. The van der Waals surface area contributed by atoms with Crippen molar-refractivity contribution < 1.29 is 9.59 Å². The molecule has 2 amide bonds. The lowest BCUT2D eigenvalue weighted by molar-refractivity contribution is -0.126. The molecule has 0 saturated heterocycles. The van der Waals surface area contributed by atoms with E-state index in [1.54, 1.807) is 11.3 Å². The van der Waals surface area contributed by atoms with E-state index < -0.39 is 0 Å². The van der Waals surface area contributed by atoms with Gasteiger partial charge in [0, 0.05) is 4.88 Å². The Morgan fingerprint density at radius 2 is 1.55 bits per heavy atom. The van der Waals surface area contributed by atoms with Gasteiger partial charge in [-0.3, -0.25) is 9.59 Å². The third kappa shape index (κ3) is 6.03. The van der Waals surface area contributed by atoms with Crippen molar-refractivity contribution in [2.45, 2.75) is 32.2 Å². The Kier molecular flexibility index (Phi) is 7.19. The van der Waals surface area contributed by atoms with Crippen molar-refractivity contribution >= 4 is 23.2 Å². The van der Waals surface area contributed by atoms with Gasteiger partial charge in [-0.05, 0) is 34.1 Å². The fraction of sp³-hybridized carbons (Fsp3) is 0.250. The summed E-state index contributed by atoms with van der Waals surface area (Å²) in [6.07, 6.45) is 0.263. The molecule has 0 aliphatic rings. The fourth-order valence-corrected chi connectivity index (χ4v) is 3.88. The average molecular weight is 407 g/mol. The summed E-state index contributed by atoms with van der Waals surface area (Å²) in [4.78, 5) is 25.7. The number of nitrogens with one attached hydrogen (secondary N) is 2. The molecule has 0 bridgehead atoms. The van der Waals surface area contributed by atoms with Crippen molar-refractivity contribution in [2.75, 3.05) is 6.54 Å². The van der Waals surface area contributed by atoms with Crippen molar-refractivity contribution in [1.82, 2.24) is 10.6 Å². The molecular formula is C24H26N2O2S. The van der Waals surface area contributed by atoms with Crippen LogP contribution in [0.1, 0.15) is 47.4 Å². The summed E-state index contributed by atoms with van der Waals surface area (Å²) in [7, 11) is 0. The van der Waals surface area contributed by atoms with E-state index in [4.69, 9.17) is 0 Å². The summed E-state index contributed by atoms with van der Waals surface area (Å²) in [5.74, 6) is 0.0803. The lowest BCUT2D eigenvalue weighted by Crippen LogP contribution is -2.39. The van der Waals surface area contributed by atoms with Gasteiger partial charge in [0.15, 0.2) is 0 Å². The number of hydrogen-bond acceptors (Lipinski definition) is 3. The molecule has 150 valence electrons. The third-order valence-corrected chi connectivity index (χ3v) is 5.66. The van der Waals surface area contributed by atoms with Crippen LogP contribution in [0.2, 0.25) is 0 Å². The van der Waals surface area contributed by atoms with Crippen LogP contribution in [0.3, 0.4) is 0 Å². The van der Waals surface area contributed by atoms with Gasteiger partial charge in [-0.2, -0.15) is 0 Å². The Hall–Kier alpha value is -2.92. The lowest BCUT2D eigenvalue weighted by atomic mass is 9.98. The van der Waals surface area contributed by atoms with Crippen molar-refractivity contribution in [3.8, 4) is 0 Å². The van der Waals surface area contributed by atoms with Crippen molar-refractivity contribution in [3.63, 3.8) is 0 Å².